The van der Waals surface area contributed by atoms with E-state index < -0.39 is 0 Å². The molecular formula is C28H38N8O3. The van der Waals surface area contributed by atoms with Gasteiger partial charge in [-0.25, -0.2) is 0 Å². The molecule has 208 valence electrons. The van der Waals surface area contributed by atoms with Gasteiger partial charge in [0, 0.05) is 38.3 Å². The summed E-state index contributed by atoms with van der Waals surface area (Å²) in [5.74, 6) is 1.22. The summed E-state index contributed by atoms with van der Waals surface area (Å²) in [6.07, 6.45) is 2.59. The molecule has 3 aromatic rings. The second-order valence-corrected chi connectivity index (χ2v) is 8.46. The van der Waals surface area contributed by atoms with Crippen LogP contribution < -0.4 is 27.0 Å². The summed E-state index contributed by atoms with van der Waals surface area (Å²) in [7, 11) is 0. The van der Waals surface area contributed by atoms with Crippen molar-refractivity contribution in [1.29, 1.82) is 0 Å². The van der Waals surface area contributed by atoms with Crippen LogP contribution >= 0.6 is 0 Å². The van der Waals surface area contributed by atoms with Gasteiger partial charge in [0.25, 0.3) is 5.91 Å². The van der Waals surface area contributed by atoms with Crippen molar-refractivity contribution < 1.29 is 14.3 Å². The van der Waals surface area contributed by atoms with Crippen LogP contribution in [-0.4, -0.2) is 73.5 Å². The molecule has 0 aliphatic carbocycles. The molecular weight excluding hydrogens is 496 g/mol. The van der Waals surface area contributed by atoms with Gasteiger partial charge in [-0.1, -0.05) is 48.5 Å². The highest BCUT2D eigenvalue weighted by atomic mass is 16.5. The van der Waals surface area contributed by atoms with Crippen molar-refractivity contribution in [2.45, 2.75) is 13.0 Å². The Morgan fingerprint density at radius 1 is 0.795 bits per heavy atom. The van der Waals surface area contributed by atoms with Crippen molar-refractivity contribution in [2.24, 2.45) is 5.73 Å². The molecule has 6 N–H and O–H groups in total. The van der Waals surface area contributed by atoms with Crippen LogP contribution in [0.2, 0.25) is 0 Å². The first-order valence-electron chi connectivity index (χ1n) is 13.0. The maximum atomic E-state index is 12.4. The minimum absolute atomic E-state index is 0.154. The van der Waals surface area contributed by atoms with E-state index in [0.29, 0.717) is 82.6 Å². The van der Waals surface area contributed by atoms with Crippen molar-refractivity contribution >= 4 is 23.8 Å². The Morgan fingerprint density at radius 3 is 2.15 bits per heavy atom. The lowest BCUT2D eigenvalue weighted by Gasteiger charge is -2.11. The van der Waals surface area contributed by atoms with E-state index in [2.05, 4.69) is 54.9 Å². The fourth-order valence-electron chi connectivity index (χ4n) is 3.44. The molecule has 0 atom stereocenters. The van der Waals surface area contributed by atoms with Crippen LogP contribution in [0.4, 0.5) is 17.8 Å². The van der Waals surface area contributed by atoms with Crippen LogP contribution in [0.5, 0.6) is 0 Å². The van der Waals surface area contributed by atoms with E-state index in [0.717, 1.165) is 12.0 Å². The fourth-order valence-corrected chi connectivity index (χ4v) is 3.44. The van der Waals surface area contributed by atoms with Crippen LogP contribution in [0.3, 0.4) is 0 Å². The zero-order valence-electron chi connectivity index (χ0n) is 22.2. The molecule has 2 aromatic carbocycles. The lowest BCUT2D eigenvalue weighted by Crippen LogP contribution is -2.27. The van der Waals surface area contributed by atoms with E-state index in [4.69, 9.17) is 15.2 Å². The minimum Gasteiger partial charge on any atom is -0.378 e. The number of nitrogens with two attached hydrogens (primary N) is 1. The standard InChI is InChI=1S/C28H38N8O3/c1-2-14-31-26-34-27(32-15-12-22-6-4-3-5-7-22)36-28(35-26)33-21-23-8-10-24(11-9-23)25(37)30-16-18-39-20-19-38-17-13-29/h2-11H,1,12-21,29H2,(H,30,37)(H3,31,32,33,34,35,36). The number of hydrogen-bond donors (Lipinski definition) is 5. The van der Waals surface area contributed by atoms with Gasteiger partial charge in [0.2, 0.25) is 17.8 Å². The van der Waals surface area contributed by atoms with E-state index >= 15 is 0 Å². The second-order valence-electron chi connectivity index (χ2n) is 8.46. The van der Waals surface area contributed by atoms with Gasteiger partial charge in [-0.3, -0.25) is 4.79 Å². The number of aromatic nitrogens is 3. The Morgan fingerprint density at radius 2 is 1.46 bits per heavy atom. The largest absolute Gasteiger partial charge is 0.378 e. The molecule has 0 saturated carbocycles. The van der Waals surface area contributed by atoms with Crippen molar-refractivity contribution in [2.75, 3.05) is 68.6 Å². The molecule has 1 amide bonds. The number of carbonyl (C=O) groups excluding carboxylic acids is 1. The maximum absolute atomic E-state index is 12.4. The van der Waals surface area contributed by atoms with Gasteiger partial charge in [0.15, 0.2) is 0 Å². The third-order valence-electron chi connectivity index (χ3n) is 5.41. The van der Waals surface area contributed by atoms with Gasteiger partial charge in [-0.15, -0.1) is 6.58 Å². The van der Waals surface area contributed by atoms with Crippen molar-refractivity contribution in [3.8, 4) is 0 Å². The lowest BCUT2D eigenvalue weighted by molar-refractivity contribution is 0.0511. The van der Waals surface area contributed by atoms with Crippen LogP contribution in [0, 0.1) is 0 Å². The average Bonchev–Trinajstić information content (AvgIpc) is 2.97. The van der Waals surface area contributed by atoms with E-state index in [1.54, 1.807) is 18.2 Å². The van der Waals surface area contributed by atoms with Crippen molar-refractivity contribution in [3.05, 3.63) is 83.9 Å². The number of carbonyl (C=O) groups is 1. The summed E-state index contributed by atoms with van der Waals surface area (Å²) in [5.41, 5.74) is 8.14. The molecule has 0 aliphatic heterocycles. The summed E-state index contributed by atoms with van der Waals surface area (Å²) in [6.45, 7) is 8.23. The van der Waals surface area contributed by atoms with Gasteiger partial charge in [0.1, 0.15) is 0 Å². The van der Waals surface area contributed by atoms with E-state index in [1.165, 1.54) is 5.56 Å². The van der Waals surface area contributed by atoms with Gasteiger partial charge >= 0.3 is 0 Å². The van der Waals surface area contributed by atoms with Gasteiger partial charge in [0.05, 0.1) is 26.4 Å². The minimum atomic E-state index is -0.154. The highest BCUT2D eigenvalue weighted by molar-refractivity contribution is 5.94. The molecule has 0 radical (unpaired) electrons. The van der Waals surface area contributed by atoms with Gasteiger partial charge in [-0.05, 0) is 29.7 Å². The number of anilines is 3. The molecule has 0 unspecified atom stereocenters. The molecule has 1 heterocycles. The highest BCUT2D eigenvalue weighted by Gasteiger charge is 2.08. The number of rotatable bonds is 19. The normalized spacial score (nSPS) is 10.6. The first-order valence-corrected chi connectivity index (χ1v) is 13.0. The Hall–Kier alpha value is -4.06. The first kappa shape index (κ1) is 29.5. The molecule has 3 rings (SSSR count). The number of hydrogen-bond acceptors (Lipinski definition) is 10. The number of nitrogens with one attached hydrogen (secondary N) is 4. The number of benzene rings is 2. The molecule has 39 heavy (non-hydrogen) atoms. The number of nitrogens with zero attached hydrogens (tertiary/aromatic N) is 3. The predicted molar refractivity (Wildman–Crippen MR) is 154 cm³/mol. The van der Waals surface area contributed by atoms with Crippen molar-refractivity contribution in [3.63, 3.8) is 0 Å². The molecule has 11 nitrogen and oxygen atoms in total. The van der Waals surface area contributed by atoms with Crippen LogP contribution in [0.1, 0.15) is 21.5 Å². The van der Waals surface area contributed by atoms with E-state index in [-0.39, 0.29) is 5.91 Å². The molecule has 0 fully saturated rings. The Balaban J connectivity index is 1.47. The Labute approximate surface area is 229 Å². The first-order chi connectivity index (χ1) is 19.2. The SMILES string of the molecule is C=CCNc1nc(NCCc2ccccc2)nc(NCc2ccc(C(=O)NCCOCCOCCN)cc2)n1. The number of ether oxygens (including phenoxy) is 2. The van der Waals surface area contributed by atoms with Crippen LogP contribution in [-0.2, 0) is 22.4 Å². The molecule has 0 aliphatic rings. The Kier molecular flexibility index (Phi) is 13.2. The predicted octanol–water partition coefficient (Wildman–Crippen LogP) is 2.46. The summed E-state index contributed by atoms with van der Waals surface area (Å²) in [5, 5.41) is 12.5. The van der Waals surface area contributed by atoms with Gasteiger partial charge < -0.3 is 36.5 Å². The summed E-state index contributed by atoms with van der Waals surface area (Å²) in [6, 6.07) is 17.6. The third kappa shape index (κ3) is 11.5. The third-order valence-corrected chi connectivity index (χ3v) is 5.41. The van der Waals surface area contributed by atoms with E-state index in [9.17, 15) is 4.79 Å². The summed E-state index contributed by atoms with van der Waals surface area (Å²) >= 11 is 0. The van der Waals surface area contributed by atoms with Gasteiger partial charge in [-0.2, -0.15) is 15.0 Å². The topological polar surface area (TPSA) is 148 Å². The highest BCUT2D eigenvalue weighted by Crippen LogP contribution is 2.12. The Bertz CT molecular complexity index is 1130. The quantitative estimate of drug-likeness (QED) is 0.115. The molecule has 1 aromatic heterocycles. The smallest absolute Gasteiger partial charge is 0.251 e. The molecule has 0 saturated heterocycles. The molecule has 0 bridgehead atoms. The van der Waals surface area contributed by atoms with Crippen LogP contribution in [0.15, 0.2) is 67.3 Å². The number of amides is 1. The fraction of sp³-hybridized carbons (Fsp3) is 0.357. The second kappa shape index (κ2) is 17.4. The zero-order chi connectivity index (χ0) is 27.5. The zero-order valence-corrected chi connectivity index (χ0v) is 22.2. The van der Waals surface area contributed by atoms with Crippen LogP contribution in [0.25, 0.3) is 0 Å². The summed E-state index contributed by atoms with van der Waals surface area (Å²) < 4.78 is 10.7. The maximum Gasteiger partial charge on any atom is 0.251 e. The monoisotopic (exact) mass is 534 g/mol. The lowest BCUT2D eigenvalue weighted by atomic mass is 10.1. The molecule has 0 spiro atoms. The van der Waals surface area contributed by atoms with E-state index in [1.807, 2.05) is 30.3 Å². The summed E-state index contributed by atoms with van der Waals surface area (Å²) in [4.78, 5) is 25.8. The average molecular weight is 535 g/mol. The van der Waals surface area contributed by atoms with Crippen molar-refractivity contribution in [1.82, 2.24) is 20.3 Å². The molecule has 11 heteroatoms.